The molecule has 4 aromatic carbocycles. The molecule has 60 heavy (non-hydrogen) atoms. The number of phenols is 2. The van der Waals surface area contributed by atoms with Gasteiger partial charge in [-0.1, -0.05) is 132 Å². The van der Waals surface area contributed by atoms with Crippen molar-refractivity contribution in [3.8, 4) is 23.0 Å². The molecule has 0 atom stereocenters. The first kappa shape index (κ1) is 46.1. The molecule has 0 fully saturated rings. The molecule has 8 nitrogen and oxygen atoms in total. The van der Waals surface area contributed by atoms with Gasteiger partial charge in [-0.05, 0) is 88.4 Å². The van der Waals surface area contributed by atoms with Crippen molar-refractivity contribution in [1.82, 2.24) is 10.6 Å². The molecule has 0 unspecified atom stereocenters. The average molecular weight is 819 g/mol. The predicted molar refractivity (Wildman–Crippen MR) is 243 cm³/mol. The van der Waals surface area contributed by atoms with Crippen LogP contribution in [0, 0.1) is 0 Å². The van der Waals surface area contributed by atoms with Gasteiger partial charge in [0.1, 0.15) is 36.2 Å². The zero-order valence-electron chi connectivity index (χ0n) is 38.8. The number of carbonyl (C=O) groups is 2. The van der Waals surface area contributed by atoms with Gasteiger partial charge in [0.2, 0.25) is 11.8 Å². The molecule has 0 aliphatic heterocycles. The Morgan fingerprint density at radius 2 is 0.667 bits per heavy atom. The number of carbonyl (C=O) groups excluding carboxylic acids is 2. The molecule has 1 aliphatic carbocycles. The summed E-state index contributed by atoms with van der Waals surface area (Å²) in [6, 6.07) is 17.3. The molecule has 0 heterocycles. The van der Waals surface area contributed by atoms with Crippen LogP contribution in [0.4, 0.5) is 0 Å². The monoisotopic (exact) mass is 819 g/mol. The summed E-state index contributed by atoms with van der Waals surface area (Å²) in [6.45, 7) is 30.5. The second kappa shape index (κ2) is 17.6. The normalized spacial score (nSPS) is 13.4. The lowest BCUT2D eigenvalue weighted by Gasteiger charge is -2.28. The first-order valence-electron chi connectivity index (χ1n) is 21.5. The number of hydrogen-bond donors (Lipinski definition) is 4. The Balaban J connectivity index is 1.90. The molecule has 324 valence electrons. The maximum absolute atomic E-state index is 12.4. The molecule has 8 heteroatoms. The number of amides is 2. The number of phenolic OH excluding ortho intramolecular Hbond substituents is 2. The third-order valence-corrected chi connectivity index (χ3v) is 11.5. The highest BCUT2D eigenvalue weighted by molar-refractivity contribution is 5.73. The van der Waals surface area contributed by atoms with E-state index >= 15 is 0 Å². The van der Waals surface area contributed by atoms with Crippen LogP contribution in [0.3, 0.4) is 0 Å². The van der Waals surface area contributed by atoms with E-state index < -0.39 is 0 Å². The predicted octanol–water partition coefficient (Wildman–Crippen LogP) is 9.99. The van der Waals surface area contributed by atoms with Crippen molar-refractivity contribution in [3.63, 3.8) is 0 Å². The van der Waals surface area contributed by atoms with Crippen molar-refractivity contribution < 1.29 is 29.3 Å². The summed E-state index contributed by atoms with van der Waals surface area (Å²) in [7, 11) is 0. The lowest BCUT2D eigenvalue weighted by Crippen LogP contribution is -2.26. The van der Waals surface area contributed by atoms with E-state index in [4.69, 9.17) is 9.47 Å². The summed E-state index contributed by atoms with van der Waals surface area (Å²) < 4.78 is 13.4. The molecule has 4 N–H and O–H groups in total. The van der Waals surface area contributed by atoms with E-state index in [0.29, 0.717) is 50.3 Å². The van der Waals surface area contributed by atoms with E-state index in [1.807, 2.05) is 0 Å². The second-order valence-electron chi connectivity index (χ2n) is 20.9. The van der Waals surface area contributed by atoms with E-state index in [-0.39, 0.29) is 58.2 Å². The Morgan fingerprint density at radius 1 is 0.450 bits per heavy atom. The highest BCUT2D eigenvalue weighted by atomic mass is 16.5. The summed E-state index contributed by atoms with van der Waals surface area (Å²) in [5.74, 6) is 1.59. The first-order valence-corrected chi connectivity index (χ1v) is 21.5. The van der Waals surface area contributed by atoms with Crippen LogP contribution < -0.4 is 20.1 Å². The molecular formula is C52H70N2O6. The van der Waals surface area contributed by atoms with Crippen LogP contribution in [-0.4, -0.2) is 48.3 Å². The molecule has 4 aromatic rings. The lowest BCUT2D eigenvalue weighted by atomic mass is 9.79. The third-order valence-electron chi connectivity index (χ3n) is 11.5. The number of hydrogen-bond acceptors (Lipinski definition) is 6. The molecule has 8 bridgehead atoms. The first-order chi connectivity index (χ1) is 27.7. The zero-order valence-corrected chi connectivity index (χ0v) is 38.8. The van der Waals surface area contributed by atoms with E-state index in [0.717, 1.165) is 66.8 Å². The van der Waals surface area contributed by atoms with Gasteiger partial charge >= 0.3 is 0 Å². The largest absolute Gasteiger partial charge is 0.507 e. The average Bonchev–Trinajstić information content (AvgIpc) is 3.10. The maximum atomic E-state index is 12.4. The summed E-state index contributed by atoms with van der Waals surface area (Å²) in [4.78, 5) is 23.7. The van der Waals surface area contributed by atoms with Crippen LogP contribution in [0.15, 0.2) is 48.5 Å². The molecular weight excluding hydrogens is 749 g/mol. The fourth-order valence-electron chi connectivity index (χ4n) is 7.78. The van der Waals surface area contributed by atoms with E-state index in [9.17, 15) is 19.8 Å². The van der Waals surface area contributed by atoms with Crippen molar-refractivity contribution in [1.29, 1.82) is 0 Å². The Hall–Kier alpha value is -4.98. The second-order valence-corrected chi connectivity index (χ2v) is 20.9. The zero-order chi connectivity index (χ0) is 44.5. The van der Waals surface area contributed by atoms with Crippen molar-refractivity contribution >= 4 is 11.8 Å². The van der Waals surface area contributed by atoms with E-state index in [1.165, 1.54) is 13.8 Å². The van der Waals surface area contributed by atoms with Crippen LogP contribution in [0.2, 0.25) is 0 Å². The standard InChI is InChI=1S/C52H70N2O6/c1-31(55)53-15-17-59-47-37-19-33-23-41(49(3,4)5)25-35(45(33)57)21-39-29-44(52(12,13)14)30-40(48(39)60-18-16-54-32(2)56)22-36-26-42(50(6,7)8)24-34(46(36)58)20-38(47)28-43(27-37)51(9,10)11/h23-30,57-58H,15-22H2,1-14H3,(H,53,55)(H,54,56). The summed E-state index contributed by atoms with van der Waals surface area (Å²) in [5.41, 5.74) is 10.4. The SMILES string of the molecule is CC(=O)NCCOc1c2cc(C(C)(C)C)cc1Cc1cc(C(C)(C)C)cc(c1O)Cc1cc(C(C)(C)C)cc(c1OCCNC(C)=O)Cc1cc(C(C)(C)C)cc(c1O)C2. The summed E-state index contributed by atoms with van der Waals surface area (Å²) >= 11 is 0. The summed E-state index contributed by atoms with van der Waals surface area (Å²) in [6.07, 6.45) is 1.56. The fraction of sp³-hybridized carbons (Fsp3) is 0.500. The van der Waals surface area contributed by atoms with Crippen LogP contribution in [0.5, 0.6) is 23.0 Å². The highest BCUT2D eigenvalue weighted by Crippen LogP contribution is 2.43. The minimum Gasteiger partial charge on any atom is -0.507 e. The number of aromatic hydroxyl groups is 2. The topological polar surface area (TPSA) is 117 Å². The third kappa shape index (κ3) is 11.2. The van der Waals surface area contributed by atoms with E-state index in [1.54, 1.807) is 0 Å². The van der Waals surface area contributed by atoms with Gasteiger partial charge in [0.05, 0.1) is 13.1 Å². The van der Waals surface area contributed by atoms with Gasteiger partial charge in [0.15, 0.2) is 0 Å². The number of benzene rings is 4. The van der Waals surface area contributed by atoms with Gasteiger partial charge in [-0.15, -0.1) is 0 Å². The minimum absolute atomic E-state index is 0.128. The van der Waals surface area contributed by atoms with Crippen molar-refractivity contribution in [3.05, 3.63) is 115 Å². The molecule has 0 spiro atoms. The summed E-state index contributed by atoms with van der Waals surface area (Å²) in [5, 5.41) is 30.6. The van der Waals surface area contributed by atoms with Crippen LogP contribution >= 0.6 is 0 Å². The lowest BCUT2D eigenvalue weighted by molar-refractivity contribution is -0.119. The number of fused-ring (bicyclic) bond motifs is 8. The van der Waals surface area contributed by atoms with Gasteiger partial charge < -0.3 is 30.3 Å². The van der Waals surface area contributed by atoms with Crippen molar-refractivity contribution in [2.45, 2.75) is 144 Å². The Labute approximate surface area is 359 Å². The number of rotatable bonds is 8. The molecule has 0 saturated carbocycles. The highest BCUT2D eigenvalue weighted by Gasteiger charge is 2.28. The van der Waals surface area contributed by atoms with Crippen LogP contribution in [-0.2, 0) is 56.9 Å². The van der Waals surface area contributed by atoms with Crippen LogP contribution in [0.1, 0.15) is 164 Å². The van der Waals surface area contributed by atoms with E-state index in [2.05, 4.69) is 142 Å². The quantitative estimate of drug-likeness (QED) is 0.116. The van der Waals surface area contributed by atoms with Gasteiger partial charge in [-0.2, -0.15) is 0 Å². The number of nitrogens with one attached hydrogen (secondary N) is 2. The van der Waals surface area contributed by atoms with Crippen molar-refractivity contribution in [2.75, 3.05) is 26.3 Å². The Morgan fingerprint density at radius 3 is 0.867 bits per heavy atom. The minimum atomic E-state index is -0.227. The van der Waals surface area contributed by atoms with Crippen LogP contribution in [0.25, 0.3) is 0 Å². The number of ether oxygens (including phenoxy) is 2. The Kier molecular flexibility index (Phi) is 13.5. The molecule has 5 rings (SSSR count). The van der Waals surface area contributed by atoms with Gasteiger partial charge in [-0.3, -0.25) is 9.59 Å². The molecule has 0 radical (unpaired) electrons. The molecule has 1 aliphatic rings. The van der Waals surface area contributed by atoms with Gasteiger partial charge in [0.25, 0.3) is 0 Å². The molecule has 0 saturated heterocycles. The van der Waals surface area contributed by atoms with Crippen molar-refractivity contribution in [2.24, 2.45) is 0 Å². The fourth-order valence-corrected chi connectivity index (χ4v) is 7.78. The molecule has 2 amide bonds. The van der Waals surface area contributed by atoms with Gasteiger partial charge in [-0.25, -0.2) is 0 Å². The smallest absolute Gasteiger partial charge is 0.216 e. The Bertz CT molecular complexity index is 1990. The van der Waals surface area contributed by atoms with Gasteiger partial charge in [0, 0.05) is 39.5 Å². The maximum Gasteiger partial charge on any atom is 0.216 e. The molecule has 0 aromatic heterocycles.